The maximum Gasteiger partial charge on any atom is 0.244 e. The molecule has 0 saturated carbocycles. The highest BCUT2D eigenvalue weighted by atomic mass is 35.5. The highest BCUT2D eigenvalue weighted by Gasteiger charge is 2.32. The summed E-state index contributed by atoms with van der Waals surface area (Å²) in [6.45, 7) is 3.56. The lowest BCUT2D eigenvalue weighted by atomic mass is 10.1. The molecule has 2 rings (SSSR count). The molecule has 29 heavy (non-hydrogen) atoms. The van der Waals surface area contributed by atoms with Crippen LogP contribution >= 0.6 is 23.2 Å². The summed E-state index contributed by atoms with van der Waals surface area (Å²) in [6.07, 6.45) is 1.31. The van der Waals surface area contributed by atoms with Gasteiger partial charge in [0.2, 0.25) is 15.9 Å². The van der Waals surface area contributed by atoms with E-state index >= 15 is 0 Å². The average Bonchev–Trinajstić information content (AvgIpc) is 2.67. The lowest BCUT2D eigenvalue weighted by Crippen LogP contribution is -2.49. The van der Waals surface area contributed by atoms with Gasteiger partial charge in [-0.2, -0.15) is 0 Å². The fraction of sp³-hybridized carbons (Fsp3) is 0.350. The molecule has 0 saturated heterocycles. The second kappa shape index (κ2) is 9.69. The maximum absolute atomic E-state index is 13.1. The third kappa shape index (κ3) is 5.56. The van der Waals surface area contributed by atoms with Gasteiger partial charge in [0.15, 0.2) is 0 Å². The smallest absolute Gasteiger partial charge is 0.244 e. The van der Waals surface area contributed by atoms with Crippen molar-refractivity contribution in [3.05, 3.63) is 58.1 Å². The molecule has 0 aliphatic heterocycles. The quantitative estimate of drug-likeness (QED) is 0.634. The molecule has 0 aliphatic carbocycles. The topological polar surface area (TPSA) is 75.7 Å². The van der Waals surface area contributed by atoms with E-state index in [1.54, 1.807) is 20.1 Å². The van der Waals surface area contributed by atoms with Crippen molar-refractivity contribution in [1.82, 2.24) is 5.32 Å². The van der Waals surface area contributed by atoms with Gasteiger partial charge in [0.1, 0.15) is 11.8 Å². The Morgan fingerprint density at radius 1 is 1.17 bits per heavy atom. The summed E-state index contributed by atoms with van der Waals surface area (Å²) in [5.41, 5.74) is 1.06. The van der Waals surface area contributed by atoms with Crippen LogP contribution in [-0.2, 0) is 14.8 Å². The van der Waals surface area contributed by atoms with E-state index in [0.29, 0.717) is 10.8 Å². The van der Waals surface area contributed by atoms with E-state index in [4.69, 9.17) is 27.9 Å². The van der Waals surface area contributed by atoms with Crippen LogP contribution < -0.4 is 14.4 Å². The molecule has 0 spiro atoms. The van der Waals surface area contributed by atoms with E-state index in [1.807, 2.05) is 25.1 Å². The molecule has 6 nitrogen and oxygen atoms in total. The van der Waals surface area contributed by atoms with E-state index in [9.17, 15) is 13.2 Å². The van der Waals surface area contributed by atoms with Crippen LogP contribution in [0.25, 0.3) is 0 Å². The Hall–Kier alpha value is -1.96. The SMILES string of the molecule is CC[C@@H](C(=O)N[C@H](C)c1ccccc1OC)N(c1ccc(Cl)c(Cl)c1)S(C)(=O)=O. The molecule has 0 fully saturated rings. The number of hydrogen-bond acceptors (Lipinski definition) is 4. The Morgan fingerprint density at radius 3 is 2.38 bits per heavy atom. The van der Waals surface area contributed by atoms with Gasteiger partial charge in [-0.1, -0.05) is 48.3 Å². The highest BCUT2D eigenvalue weighted by molar-refractivity contribution is 7.92. The van der Waals surface area contributed by atoms with Crippen LogP contribution in [0, 0.1) is 0 Å². The zero-order chi connectivity index (χ0) is 21.8. The number of ether oxygens (including phenoxy) is 1. The van der Waals surface area contributed by atoms with Crippen LogP contribution in [0.1, 0.15) is 31.9 Å². The zero-order valence-corrected chi connectivity index (χ0v) is 19.0. The van der Waals surface area contributed by atoms with Gasteiger partial charge in [0.05, 0.1) is 35.1 Å². The average molecular weight is 459 g/mol. The van der Waals surface area contributed by atoms with Crippen LogP contribution in [0.5, 0.6) is 5.75 Å². The van der Waals surface area contributed by atoms with Gasteiger partial charge in [-0.15, -0.1) is 0 Å². The second-order valence-electron chi connectivity index (χ2n) is 6.55. The lowest BCUT2D eigenvalue weighted by Gasteiger charge is -2.31. The van der Waals surface area contributed by atoms with Gasteiger partial charge in [0, 0.05) is 5.56 Å². The molecule has 1 amide bonds. The molecule has 2 aromatic carbocycles. The first-order valence-electron chi connectivity index (χ1n) is 8.97. The number of methoxy groups -OCH3 is 1. The molecule has 0 heterocycles. The Bertz CT molecular complexity index is 982. The van der Waals surface area contributed by atoms with Gasteiger partial charge in [-0.25, -0.2) is 8.42 Å². The van der Waals surface area contributed by atoms with Crippen LogP contribution in [0.2, 0.25) is 10.0 Å². The predicted octanol–water partition coefficient (Wildman–Crippen LogP) is 4.42. The van der Waals surface area contributed by atoms with E-state index in [1.165, 1.54) is 18.2 Å². The van der Waals surface area contributed by atoms with Gasteiger partial charge >= 0.3 is 0 Å². The lowest BCUT2D eigenvalue weighted by molar-refractivity contribution is -0.122. The number of anilines is 1. The summed E-state index contributed by atoms with van der Waals surface area (Å²) < 4.78 is 31.5. The Balaban J connectivity index is 2.36. The first-order chi connectivity index (χ1) is 13.6. The van der Waals surface area contributed by atoms with Crippen molar-refractivity contribution in [3.8, 4) is 5.75 Å². The molecule has 158 valence electrons. The van der Waals surface area contributed by atoms with Crippen LogP contribution in [0.15, 0.2) is 42.5 Å². The molecule has 0 unspecified atom stereocenters. The van der Waals surface area contributed by atoms with Crippen molar-refractivity contribution >= 4 is 44.8 Å². The summed E-state index contributed by atoms with van der Waals surface area (Å²) in [6, 6.07) is 10.4. The number of nitrogens with one attached hydrogen (secondary N) is 1. The Labute approximate surface area is 181 Å². The summed E-state index contributed by atoms with van der Waals surface area (Å²) in [7, 11) is -2.22. The number of carbonyl (C=O) groups excluding carboxylic acids is 1. The molecule has 1 N–H and O–H groups in total. The predicted molar refractivity (Wildman–Crippen MR) is 117 cm³/mol. The van der Waals surface area contributed by atoms with Crippen molar-refractivity contribution in [3.63, 3.8) is 0 Å². The van der Waals surface area contributed by atoms with E-state index in [0.717, 1.165) is 16.1 Å². The van der Waals surface area contributed by atoms with Crippen LogP contribution in [0.4, 0.5) is 5.69 Å². The van der Waals surface area contributed by atoms with Gasteiger partial charge in [-0.05, 0) is 37.6 Å². The molecule has 2 atom stereocenters. The van der Waals surface area contributed by atoms with E-state index in [2.05, 4.69) is 5.32 Å². The van der Waals surface area contributed by atoms with Crippen molar-refractivity contribution in [2.45, 2.75) is 32.4 Å². The normalized spacial score (nSPS) is 13.4. The van der Waals surface area contributed by atoms with E-state index in [-0.39, 0.29) is 23.2 Å². The summed E-state index contributed by atoms with van der Waals surface area (Å²) in [5, 5.41) is 3.39. The van der Waals surface area contributed by atoms with Gasteiger partial charge in [0.25, 0.3) is 0 Å². The molecule has 2 aromatic rings. The molecule has 0 aromatic heterocycles. The number of rotatable bonds is 8. The van der Waals surface area contributed by atoms with Gasteiger partial charge in [-0.3, -0.25) is 9.10 Å². The van der Waals surface area contributed by atoms with Crippen LogP contribution in [-0.4, -0.2) is 33.7 Å². The number of sulfonamides is 1. The molecule has 0 aliphatic rings. The first-order valence-corrected chi connectivity index (χ1v) is 11.6. The minimum atomic E-state index is -3.77. The minimum absolute atomic E-state index is 0.204. The van der Waals surface area contributed by atoms with Gasteiger partial charge < -0.3 is 10.1 Å². The molecule has 0 radical (unpaired) electrons. The van der Waals surface area contributed by atoms with Crippen molar-refractivity contribution in [2.75, 3.05) is 17.7 Å². The molecule has 0 bridgehead atoms. The third-order valence-corrected chi connectivity index (χ3v) is 6.37. The van der Waals surface area contributed by atoms with Crippen molar-refractivity contribution in [1.29, 1.82) is 0 Å². The number of carbonyl (C=O) groups is 1. The maximum atomic E-state index is 13.1. The summed E-state index contributed by atoms with van der Waals surface area (Å²) in [4.78, 5) is 13.1. The third-order valence-electron chi connectivity index (χ3n) is 4.45. The summed E-state index contributed by atoms with van der Waals surface area (Å²) in [5.74, 6) is 0.209. The Morgan fingerprint density at radius 2 is 1.83 bits per heavy atom. The molecule has 9 heteroatoms. The fourth-order valence-corrected chi connectivity index (χ4v) is 4.59. The fourth-order valence-electron chi connectivity index (χ4n) is 3.09. The monoisotopic (exact) mass is 458 g/mol. The van der Waals surface area contributed by atoms with Crippen molar-refractivity contribution < 1.29 is 17.9 Å². The number of benzene rings is 2. The highest BCUT2D eigenvalue weighted by Crippen LogP contribution is 2.31. The van der Waals surface area contributed by atoms with Crippen LogP contribution in [0.3, 0.4) is 0 Å². The second-order valence-corrected chi connectivity index (χ2v) is 9.23. The first kappa shape index (κ1) is 23.3. The zero-order valence-electron chi connectivity index (χ0n) is 16.6. The molecular formula is C20H24Cl2N2O4S. The number of nitrogens with zero attached hydrogens (tertiary/aromatic N) is 1. The van der Waals surface area contributed by atoms with E-state index < -0.39 is 22.0 Å². The Kier molecular flexibility index (Phi) is 7.80. The number of para-hydroxylation sites is 1. The largest absolute Gasteiger partial charge is 0.496 e. The van der Waals surface area contributed by atoms with Crippen molar-refractivity contribution in [2.24, 2.45) is 0 Å². The minimum Gasteiger partial charge on any atom is -0.496 e. The molecular weight excluding hydrogens is 435 g/mol. The summed E-state index contributed by atoms with van der Waals surface area (Å²) >= 11 is 12.0. The number of halogens is 2. The number of amides is 1. The standard InChI is InChI=1S/C20H24Cl2N2O4S/c1-5-18(20(25)23-13(2)15-8-6-7-9-19(15)28-3)24(29(4,26)27)14-10-11-16(21)17(22)12-14/h6-13,18H,5H2,1-4H3,(H,23,25)/t13-,18+/m1/s1. The number of hydrogen-bond donors (Lipinski definition) is 1.